The number of nitrogens with one attached hydrogen (secondary N) is 1. The fourth-order valence-electron chi connectivity index (χ4n) is 1.08. The van der Waals surface area contributed by atoms with E-state index in [-0.39, 0.29) is 0 Å². The minimum absolute atomic E-state index is 0.422. The Morgan fingerprint density at radius 1 is 1.46 bits per heavy atom. The van der Waals surface area contributed by atoms with E-state index in [2.05, 4.69) is 44.6 Å². The summed E-state index contributed by atoms with van der Waals surface area (Å²) in [5.41, 5.74) is 0. The maximum Gasteiger partial charge on any atom is 0.0219 e. The molecule has 0 aliphatic heterocycles. The van der Waals surface area contributed by atoms with Gasteiger partial charge in [0.1, 0.15) is 0 Å². The summed E-state index contributed by atoms with van der Waals surface area (Å²) in [4.78, 5) is 2.38. The van der Waals surface area contributed by atoms with Gasteiger partial charge in [0.15, 0.2) is 0 Å². The van der Waals surface area contributed by atoms with Gasteiger partial charge in [-0.3, -0.25) is 0 Å². The molecule has 2 atom stereocenters. The fraction of sp³-hybridized carbons (Fsp3) is 0.818. The van der Waals surface area contributed by atoms with E-state index in [0.29, 0.717) is 12.1 Å². The molecule has 2 nitrogen and oxygen atoms in total. The summed E-state index contributed by atoms with van der Waals surface area (Å²) in [7, 11) is 2.18. The largest absolute Gasteiger partial charge is 0.310 e. The van der Waals surface area contributed by atoms with Crippen molar-refractivity contribution < 1.29 is 0 Å². The normalized spacial score (nSPS) is 15.8. The fourth-order valence-corrected chi connectivity index (χ4v) is 1.08. The molecule has 1 N–H and O–H groups in total. The summed E-state index contributed by atoms with van der Waals surface area (Å²) in [6.45, 7) is 12.5. The van der Waals surface area contributed by atoms with Crippen molar-refractivity contribution in [1.82, 2.24) is 10.2 Å². The Labute approximate surface area is 83.0 Å². The molecule has 0 rings (SSSR count). The molecule has 78 valence electrons. The van der Waals surface area contributed by atoms with Crippen molar-refractivity contribution in [2.75, 3.05) is 20.1 Å². The zero-order chi connectivity index (χ0) is 10.3. The summed E-state index contributed by atoms with van der Waals surface area (Å²) in [5, 5.41) is 3.38. The lowest BCUT2D eigenvalue weighted by Gasteiger charge is -2.24. The molecule has 0 amide bonds. The van der Waals surface area contributed by atoms with Crippen molar-refractivity contribution in [2.45, 2.75) is 39.3 Å². The van der Waals surface area contributed by atoms with E-state index < -0.39 is 0 Å². The van der Waals surface area contributed by atoms with Gasteiger partial charge in [-0.1, -0.05) is 13.0 Å². The molecule has 13 heavy (non-hydrogen) atoms. The first kappa shape index (κ1) is 12.7. The first-order valence-corrected chi connectivity index (χ1v) is 5.18. The molecule has 0 saturated heterocycles. The van der Waals surface area contributed by atoms with Crippen LogP contribution >= 0.6 is 0 Å². The van der Waals surface area contributed by atoms with Gasteiger partial charge < -0.3 is 10.2 Å². The monoisotopic (exact) mass is 184 g/mol. The molecular formula is C11H24N2. The van der Waals surface area contributed by atoms with Gasteiger partial charge in [0, 0.05) is 25.2 Å². The quantitative estimate of drug-likeness (QED) is 0.608. The van der Waals surface area contributed by atoms with Gasteiger partial charge in [-0.2, -0.15) is 0 Å². The molecule has 0 aliphatic rings. The lowest BCUT2D eigenvalue weighted by Crippen LogP contribution is -2.37. The van der Waals surface area contributed by atoms with Crippen molar-refractivity contribution in [2.24, 2.45) is 0 Å². The smallest absolute Gasteiger partial charge is 0.0219 e. The first-order valence-electron chi connectivity index (χ1n) is 5.18. The van der Waals surface area contributed by atoms with Crippen LogP contribution in [0.3, 0.4) is 0 Å². The van der Waals surface area contributed by atoms with Crippen LogP contribution in [-0.4, -0.2) is 37.1 Å². The summed E-state index contributed by atoms with van der Waals surface area (Å²) in [5.74, 6) is 0. The molecule has 2 heteroatoms. The standard InChI is InChI=1S/C11H24N2/c1-6-10(3)12-8-9-13(5)11(4)7-2/h6,10-12H,1,7-9H2,2-5H3. The Morgan fingerprint density at radius 3 is 2.54 bits per heavy atom. The van der Waals surface area contributed by atoms with E-state index in [1.165, 1.54) is 6.42 Å². The highest BCUT2D eigenvalue weighted by Crippen LogP contribution is 1.98. The van der Waals surface area contributed by atoms with E-state index in [1.807, 2.05) is 6.08 Å². The molecule has 0 aromatic carbocycles. The average molecular weight is 184 g/mol. The second kappa shape index (κ2) is 7.10. The van der Waals surface area contributed by atoms with Crippen LogP contribution in [0.2, 0.25) is 0 Å². The van der Waals surface area contributed by atoms with Crippen LogP contribution in [0, 0.1) is 0 Å². The summed E-state index contributed by atoms with van der Waals surface area (Å²) >= 11 is 0. The number of hydrogen-bond acceptors (Lipinski definition) is 2. The van der Waals surface area contributed by atoms with Crippen molar-refractivity contribution >= 4 is 0 Å². The summed E-state index contributed by atoms with van der Waals surface area (Å²) < 4.78 is 0. The molecular weight excluding hydrogens is 160 g/mol. The maximum absolute atomic E-state index is 3.73. The Balaban J connectivity index is 3.46. The summed E-state index contributed by atoms with van der Waals surface area (Å²) in [6.07, 6.45) is 3.15. The first-order chi connectivity index (χ1) is 6.11. The zero-order valence-corrected chi connectivity index (χ0v) is 9.51. The third kappa shape index (κ3) is 5.83. The number of hydrogen-bond donors (Lipinski definition) is 1. The van der Waals surface area contributed by atoms with Gasteiger partial charge in [-0.25, -0.2) is 0 Å². The molecule has 0 heterocycles. The minimum Gasteiger partial charge on any atom is -0.310 e. The second-order valence-corrected chi connectivity index (χ2v) is 3.72. The molecule has 2 unspecified atom stereocenters. The number of nitrogens with zero attached hydrogens (tertiary/aromatic N) is 1. The minimum atomic E-state index is 0.422. The predicted molar refractivity (Wildman–Crippen MR) is 60.0 cm³/mol. The molecule has 0 aromatic rings. The van der Waals surface area contributed by atoms with Gasteiger partial charge in [0.25, 0.3) is 0 Å². The van der Waals surface area contributed by atoms with Crippen LogP contribution in [0.25, 0.3) is 0 Å². The van der Waals surface area contributed by atoms with E-state index >= 15 is 0 Å². The summed E-state index contributed by atoms with van der Waals surface area (Å²) in [6, 6.07) is 1.10. The molecule has 0 saturated carbocycles. The van der Waals surface area contributed by atoms with Crippen LogP contribution in [0.4, 0.5) is 0 Å². The van der Waals surface area contributed by atoms with Gasteiger partial charge in [0.2, 0.25) is 0 Å². The highest BCUT2D eigenvalue weighted by molar-refractivity contribution is 4.81. The predicted octanol–water partition coefficient (Wildman–Crippen LogP) is 1.88. The van der Waals surface area contributed by atoms with Gasteiger partial charge in [-0.15, -0.1) is 6.58 Å². The van der Waals surface area contributed by atoms with Crippen molar-refractivity contribution in [3.8, 4) is 0 Å². The highest BCUT2D eigenvalue weighted by atomic mass is 15.1. The maximum atomic E-state index is 3.73. The van der Waals surface area contributed by atoms with Crippen LogP contribution in [-0.2, 0) is 0 Å². The topological polar surface area (TPSA) is 15.3 Å². The Hall–Kier alpha value is -0.340. The third-order valence-electron chi connectivity index (χ3n) is 2.63. The van der Waals surface area contributed by atoms with Gasteiger partial charge >= 0.3 is 0 Å². The Bertz CT molecular complexity index is 134. The highest BCUT2D eigenvalue weighted by Gasteiger charge is 2.05. The van der Waals surface area contributed by atoms with E-state index in [4.69, 9.17) is 0 Å². The van der Waals surface area contributed by atoms with Crippen LogP contribution in [0.1, 0.15) is 27.2 Å². The molecule has 0 aromatic heterocycles. The molecule has 0 aliphatic carbocycles. The van der Waals surface area contributed by atoms with Gasteiger partial charge in [0.05, 0.1) is 0 Å². The van der Waals surface area contributed by atoms with Crippen molar-refractivity contribution in [3.63, 3.8) is 0 Å². The lowest BCUT2D eigenvalue weighted by molar-refractivity contribution is 0.250. The number of likely N-dealkylation sites (N-methyl/N-ethyl adjacent to an activating group) is 1. The lowest BCUT2D eigenvalue weighted by atomic mass is 10.2. The SMILES string of the molecule is C=CC(C)NCCN(C)C(C)CC. The van der Waals surface area contributed by atoms with Crippen LogP contribution in [0.15, 0.2) is 12.7 Å². The van der Waals surface area contributed by atoms with Gasteiger partial charge in [-0.05, 0) is 27.3 Å². The molecule has 0 fully saturated rings. The zero-order valence-electron chi connectivity index (χ0n) is 9.51. The molecule has 0 spiro atoms. The average Bonchev–Trinajstić information content (AvgIpc) is 2.15. The van der Waals surface area contributed by atoms with Crippen LogP contribution < -0.4 is 5.32 Å². The van der Waals surface area contributed by atoms with Crippen molar-refractivity contribution in [1.29, 1.82) is 0 Å². The number of rotatable bonds is 7. The van der Waals surface area contributed by atoms with Crippen LogP contribution in [0.5, 0.6) is 0 Å². The third-order valence-corrected chi connectivity index (χ3v) is 2.63. The Kier molecular flexibility index (Phi) is 6.92. The second-order valence-electron chi connectivity index (χ2n) is 3.72. The Morgan fingerprint density at radius 2 is 2.08 bits per heavy atom. The van der Waals surface area contributed by atoms with E-state index in [1.54, 1.807) is 0 Å². The molecule has 0 radical (unpaired) electrons. The molecule has 0 bridgehead atoms. The van der Waals surface area contributed by atoms with E-state index in [0.717, 1.165) is 13.1 Å². The van der Waals surface area contributed by atoms with E-state index in [9.17, 15) is 0 Å². The van der Waals surface area contributed by atoms with Crippen molar-refractivity contribution in [3.05, 3.63) is 12.7 Å².